The van der Waals surface area contributed by atoms with E-state index < -0.39 is 47.9 Å². The number of thiol groups is 1. The fraction of sp³-hybridized carbons (Fsp3) is 0.750. The summed E-state index contributed by atoms with van der Waals surface area (Å²) in [6, 6.07) is -3.98. The average Bonchev–Trinajstić information content (AvgIpc) is 2.75. The molecule has 0 aliphatic rings. The molecule has 0 saturated carbocycles. The van der Waals surface area contributed by atoms with E-state index in [1.807, 2.05) is 20.1 Å². The lowest BCUT2D eigenvalue weighted by atomic mass is 10.0. The molecule has 3 amide bonds. The highest BCUT2D eigenvalue weighted by atomic mass is 32.2. The first-order valence-corrected chi connectivity index (χ1v) is 13.0. The number of amides is 3. The number of nitrogens with one attached hydrogen (secondary N) is 3. The van der Waals surface area contributed by atoms with Gasteiger partial charge in [-0.1, -0.05) is 13.8 Å². The maximum absolute atomic E-state index is 13.1. The molecule has 0 aromatic carbocycles. The summed E-state index contributed by atoms with van der Waals surface area (Å²) in [5.41, 5.74) is 16.6. The third-order valence-electron chi connectivity index (χ3n) is 4.69. The van der Waals surface area contributed by atoms with E-state index in [2.05, 4.69) is 33.6 Å². The molecule has 4 atom stereocenters. The van der Waals surface area contributed by atoms with Crippen LogP contribution >= 0.6 is 24.4 Å². The molecule has 0 aromatic heterocycles. The number of hydrogen-bond donors (Lipinski definition) is 8. The fourth-order valence-electron chi connectivity index (χ4n) is 2.86. The van der Waals surface area contributed by atoms with E-state index in [9.17, 15) is 24.3 Å². The Labute approximate surface area is 210 Å². The number of rotatable bonds is 17. The van der Waals surface area contributed by atoms with Crippen molar-refractivity contribution >= 4 is 54.0 Å². The molecule has 0 spiro atoms. The van der Waals surface area contributed by atoms with Crippen molar-refractivity contribution in [2.75, 3.05) is 24.3 Å². The average molecular weight is 522 g/mol. The Morgan fingerprint density at radius 1 is 0.971 bits per heavy atom. The molecular formula is C20H39N7O5S2. The zero-order valence-electron chi connectivity index (χ0n) is 20.0. The molecule has 0 fully saturated rings. The van der Waals surface area contributed by atoms with Crippen LogP contribution in [0.3, 0.4) is 0 Å². The Morgan fingerprint density at radius 2 is 1.53 bits per heavy atom. The van der Waals surface area contributed by atoms with Gasteiger partial charge in [-0.25, -0.2) is 4.79 Å². The van der Waals surface area contributed by atoms with Crippen LogP contribution in [0.5, 0.6) is 0 Å². The van der Waals surface area contributed by atoms with E-state index in [1.165, 1.54) is 0 Å². The maximum Gasteiger partial charge on any atom is 0.327 e. The SMILES string of the molecule is CSCCC(N)C(=O)NC(CCCN=C(N)N)C(=O)NC(CC(C)C)C(=O)NC(CS)C(=O)O. The largest absolute Gasteiger partial charge is 0.480 e. The second kappa shape index (κ2) is 17.3. The summed E-state index contributed by atoms with van der Waals surface area (Å²) >= 11 is 5.49. The molecule has 12 nitrogen and oxygen atoms in total. The molecule has 0 saturated heterocycles. The van der Waals surface area contributed by atoms with Gasteiger partial charge < -0.3 is 38.3 Å². The summed E-state index contributed by atoms with van der Waals surface area (Å²) in [4.78, 5) is 53.4. The topological polar surface area (TPSA) is 215 Å². The van der Waals surface area contributed by atoms with Crippen molar-refractivity contribution in [2.24, 2.45) is 28.1 Å². The molecule has 10 N–H and O–H groups in total. The van der Waals surface area contributed by atoms with Crippen LogP contribution in [0, 0.1) is 5.92 Å². The van der Waals surface area contributed by atoms with Gasteiger partial charge in [0.25, 0.3) is 0 Å². The summed E-state index contributed by atoms with van der Waals surface area (Å²) < 4.78 is 0. The van der Waals surface area contributed by atoms with Crippen molar-refractivity contribution in [2.45, 2.75) is 63.7 Å². The van der Waals surface area contributed by atoms with Crippen LogP contribution < -0.4 is 33.2 Å². The molecule has 0 heterocycles. The number of carbonyl (C=O) groups excluding carboxylic acids is 3. The minimum atomic E-state index is -1.23. The van der Waals surface area contributed by atoms with Crippen molar-refractivity contribution < 1.29 is 24.3 Å². The van der Waals surface area contributed by atoms with E-state index in [-0.39, 0.29) is 37.0 Å². The number of thioether (sulfide) groups is 1. The molecular weight excluding hydrogens is 482 g/mol. The Kier molecular flexibility index (Phi) is 16.2. The first-order chi connectivity index (χ1) is 15.9. The second-order valence-corrected chi connectivity index (χ2v) is 9.52. The van der Waals surface area contributed by atoms with Gasteiger partial charge in [-0.15, -0.1) is 0 Å². The lowest BCUT2D eigenvalue weighted by Gasteiger charge is -2.26. The lowest BCUT2D eigenvalue weighted by molar-refractivity contribution is -0.141. The number of carboxylic acid groups (broad SMARTS) is 1. The number of nitrogens with zero attached hydrogens (tertiary/aromatic N) is 1. The van der Waals surface area contributed by atoms with E-state index in [4.69, 9.17) is 17.2 Å². The predicted molar refractivity (Wildman–Crippen MR) is 138 cm³/mol. The standard InChI is InChI=1S/C20H39N7O5S2/c1-11(2)9-14(18(30)27-15(10-33)19(31)32)26-17(29)13(5-4-7-24-20(22)23)25-16(28)12(21)6-8-34-3/h11-15,33H,4-10,21H2,1-3H3,(H,25,28)(H,26,29)(H,27,30)(H,31,32)(H4,22,23,24). The zero-order chi connectivity index (χ0) is 26.3. The number of carbonyl (C=O) groups is 4. The molecule has 0 rings (SSSR count). The fourth-order valence-corrected chi connectivity index (χ4v) is 3.60. The highest BCUT2D eigenvalue weighted by Gasteiger charge is 2.30. The van der Waals surface area contributed by atoms with Crippen LogP contribution in [0.2, 0.25) is 0 Å². The molecule has 34 heavy (non-hydrogen) atoms. The van der Waals surface area contributed by atoms with Gasteiger partial charge in [-0.3, -0.25) is 19.4 Å². The third-order valence-corrected chi connectivity index (χ3v) is 5.69. The summed E-state index contributed by atoms with van der Waals surface area (Å²) in [5.74, 6) is -2.45. The number of aliphatic imine (C=N–C) groups is 1. The number of aliphatic carboxylic acids is 1. The first-order valence-electron chi connectivity index (χ1n) is 11.0. The highest BCUT2D eigenvalue weighted by molar-refractivity contribution is 7.98. The van der Waals surface area contributed by atoms with Crippen LogP contribution in [0.1, 0.15) is 39.5 Å². The normalized spacial score (nSPS) is 14.4. The van der Waals surface area contributed by atoms with Crippen molar-refractivity contribution in [1.29, 1.82) is 0 Å². The molecule has 0 aliphatic carbocycles. The van der Waals surface area contributed by atoms with Crippen molar-refractivity contribution in [3.8, 4) is 0 Å². The molecule has 14 heteroatoms. The van der Waals surface area contributed by atoms with Crippen molar-refractivity contribution in [1.82, 2.24) is 16.0 Å². The minimum absolute atomic E-state index is 0.0187. The Hall–Kier alpha value is -2.19. The summed E-state index contributed by atoms with van der Waals surface area (Å²) in [6.07, 6.45) is 3.19. The molecule has 0 radical (unpaired) electrons. The lowest BCUT2D eigenvalue weighted by Crippen LogP contribution is -2.57. The Morgan fingerprint density at radius 3 is 2.03 bits per heavy atom. The van der Waals surface area contributed by atoms with Crippen LogP contribution in [-0.2, 0) is 19.2 Å². The molecule has 4 unspecified atom stereocenters. The van der Waals surface area contributed by atoms with E-state index in [1.54, 1.807) is 11.8 Å². The zero-order valence-corrected chi connectivity index (χ0v) is 21.7. The number of hydrogen-bond acceptors (Lipinski definition) is 8. The highest BCUT2D eigenvalue weighted by Crippen LogP contribution is 2.08. The number of guanidine groups is 1. The molecule has 0 aromatic rings. The number of nitrogens with two attached hydrogens (primary N) is 3. The minimum Gasteiger partial charge on any atom is -0.480 e. The van der Waals surface area contributed by atoms with Gasteiger partial charge in [0.2, 0.25) is 17.7 Å². The van der Waals surface area contributed by atoms with Crippen molar-refractivity contribution in [3.63, 3.8) is 0 Å². The van der Waals surface area contributed by atoms with Gasteiger partial charge in [-0.2, -0.15) is 24.4 Å². The maximum atomic E-state index is 13.1. The summed E-state index contributed by atoms with van der Waals surface area (Å²) in [5, 5.41) is 16.9. The van der Waals surface area contributed by atoms with Gasteiger partial charge in [0, 0.05) is 12.3 Å². The molecule has 196 valence electrons. The molecule has 0 aliphatic heterocycles. The van der Waals surface area contributed by atoms with Crippen LogP contribution in [0.4, 0.5) is 0 Å². The van der Waals surface area contributed by atoms with E-state index >= 15 is 0 Å². The summed E-state index contributed by atoms with van der Waals surface area (Å²) in [7, 11) is 0. The van der Waals surface area contributed by atoms with E-state index in [0.717, 1.165) is 0 Å². The third kappa shape index (κ3) is 13.5. The Bertz CT molecular complexity index is 705. The number of carboxylic acids is 1. The van der Waals surface area contributed by atoms with Crippen molar-refractivity contribution in [3.05, 3.63) is 0 Å². The van der Waals surface area contributed by atoms with Crippen LogP contribution in [-0.4, -0.2) is 83.2 Å². The second-order valence-electron chi connectivity index (χ2n) is 8.17. The summed E-state index contributed by atoms with van der Waals surface area (Å²) in [6.45, 7) is 3.97. The monoisotopic (exact) mass is 521 g/mol. The van der Waals surface area contributed by atoms with Gasteiger partial charge >= 0.3 is 5.97 Å². The van der Waals surface area contributed by atoms with Gasteiger partial charge in [0.15, 0.2) is 5.96 Å². The quantitative estimate of drug-likeness (QED) is 0.0490. The van der Waals surface area contributed by atoms with Gasteiger partial charge in [0.1, 0.15) is 18.1 Å². The predicted octanol–water partition coefficient (Wildman–Crippen LogP) is -1.36. The van der Waals surface area contributed by atoms with Gasteiger partial charge in [-0.05, 0) is 43.6 Å². The van der Waals surface area contributed by atoms with Crippen LogP contribution in [0.15, 0.2) is 4.99 Å². The van der Waals surface area contributed by atoms with Gasteiger partial charge in [0.05, 0.1) is 6.04 Å². The molecule has 0 bridgehead atoms. The van der Waals surface area contributed by atoms with E-state index in [0.29, 0.717) is 18.6 Å². The Balaban J connectivity index is 5.48. The smallest absolute Gasteiger partial charge is 0.327 e. The van der Waals surface area contributed by atoms with Crippen LogP contribution in [0.25, 0.3) is 0 Å². The first kappa shape index (κ1) is 31.8.